The van der Waals surface area contributed by atoms with Crippen molar-refractivity contribution in [2.24, 2.45) is 5.92 Å². The summed E-state index contributed by atoms with van der Waals surface area (Å²) in [6, 6.07) is 5.99. The number of hydrogen-bond donors (Lipinski definition) is 0. The minimum atomic E-state index is 0.740. The van der Waals surface area contributed by atoms with Gasteiger partial charge < -0.3 is 4.90 Å². The van der Waals surface area contributed by atoms with Crippen LogP contribution in [0.3, 0.4) is 0 Å². The quantitative estimate of drug-likeness (QED) is 0.769. The smallest absolute Gasteiger partial charge is 0.129 e. The Kier molecular flexibility index (Phi) is 4.39. The van der Waals surface area contributed by atoms with Gasteiger partial charge in [0.15, 0.2) is 0 Å². The molecular formula is C11H17BrN2. The Labute approximate surface area is 94.5 Å². The molecule has 78 valence electrons. The van der Waals surface area contributed by atoms with E-state index in [0.717, 1.165) is 22.9 Å². The molecule has 0 aliphatic rings. The largest absolute Gasteiger partial charge is 0.360 e. The van der Waals surface area contributed by atoms with E-state index in [9.17, 15) is 0 Å². The van der Waals surface area contributed by atoms with Crippen LogP contribution in [-0.2, 0) is 0 Å². The van der Waals surface area contributed by atoms with Gasteiger partial charge in [-0.1, -0.05) is 19.9 Å². The fourth-order valence-electron chi connectivity index (χ4n) is 1.18. The molecule has 0 aliphatic heterocycles. The molecule has 1 aromatic heterocycles. The lowest BCUT2D eigenvalue weighted by Crippen LogP contribution is -2.20. The molecule has 0 spiro atoms. The Balaban J connectivity index is 2.56. The summed E-state index contributed by atoms with van der Waals surface area (Å²) < 4.78 is 0.895. The maximum Gasteiger partial charge on any atom is 0.129 e. The van der Waals surface area contributed by atoms with Crippen LogP contribution in [0.2, 0.25) is 0 Å². The molecule has 0 amide bonds. The highest BCUT2D eigenvalue weighted by atomic mass is 79.9. The molecule has 0 aliphatic carbocycles. The summed E-state index contributed by atoms with van der Waals surface area (Å²) in [5.74, 6) is 1.77. The van der Waals surface area contributed by atoms with Gasteiger partial charge in [-0.3, -0.25) is 0 Å². The van der Waals surface area contributed by atoms with Crippen molar-refractivity contribution < 1.29 is 0 Å². The molecule has 0 radical (unpaired) electrons. The third kappa shape index (κ3) is 3.66. The normalized spacial score (nSPS) is 10.6. The molecule has 0 atom stereocenters. The fourth-order valence-corrected chi connectivity index (χ4v) is 1.51. The zero-order chi connectivity index (χ0) is 10.6. The van der Waals surface area contributed by atoms with Gasteiger partial charge in [0, 0.05) is 13.6 Å². The lowest BCUT2D eigenvalue weighted by Gasteiger charge is -2.19. The summed E-state index contributed by atoms with van der Waals surface area (Å²) >= 11 is 3.37. The average molecular weight is 257 g/mol. The molecule has 1 heterocycles. The standard InChI is InChI=1S/C11H17BrN2/c1-9(2)7-8-14(3)11-6-4-5-10(12)13-11/h4-6,9H,7-8H2,1-3H3. The molecular weight excluding hydrogens is 240 g/mol. The van der Waals surface area contributed by atoms with Crippen LogP contribution in [0, 0.1) is 5.92 Å². The highest BCUT2D eigenvalue weighted by molar-refractivity contribution is 9.10. The van der Waals surface area contributed by atoms with Gasteiger partial charge in [0.2, 0.25) is 0 Å². The zero-order valence-corrected chi connectivity index (χ0v) is 10.6. The van der Waals surface area contributed by atoms with Gasteiger partial charge in [0.1, 0.15) is 10.4 Å². The van der Waals surface area contributed by atoms with Crippen molar-refractivity contribution >= 4 is 21.7 Å². The molecule has 14 heavy (non-hydrogen) atoms. The molecule has 0 N–H and O–H groups in total. The Morgan fingerprint density at radius 3 is 2.71 bits per heavy atom. The van der Waals surface area contributed by atoms with Gasteiger partial charge in [-0.15, -0.1) is 0 Å². The van der Waals surface area contributed by atoms with Crippen molar-refractivity contribution in [3.63, 3.8) is 0 Å². The van der Waals surface area contributed by atoms with Crippen LogP contribution in [0.5, 0.6) is 0 Å². The van der Waals surface area contributed by atoms with E-state index in [1.165, 1.54) is 6.42 Å². The SMILES string of the molecule is CC(C)CCN(C)c1cccc(Br)n1. The topological polar surface area (TPSA) is 16.1 Å². The second-order valence-electron chi connectivity index (χ2n) is 3.92. The maximum absolute atomic E-state index is 4.39. The Morgan fingerprint density at radius 2 is 2.14 bits per heavy atom. The van der Waals surface area contributed by atoms with Gasteiger partial charge in [-0.05, 0) is 40.4 Å². The van der Waals surface area contributed by atoms with Crippen LogP contribution < -0.4 is 4.90 Å². The minimum absolute atomic E-state index is 0.740. The monoisotopic (exact) mass is 256 g/mol. The fraction of sp³-hybridized carbons (Fsp3) is 0.545. The zero-order valence-electron chi connectivity index (χ0n) is 9.00. The predicted octanol–water partition coefficient (Wildman–Crippen LogP) is 3.33. The van der Waals surface area contributed by atoms with Crippen molar-refractivity contribution in [1.29, 1.82) is 0 Å². The van der Waals surface area contributed by atoms with E-state index >= 15 is 0 Å². The van der Waals surface area contributed by atoms with Crippen LogP contribution in [0.4, 0.5) is 5.82 Å². The van der Waals surface area contributed by atoms with Gasteiger partial charge in [0.25, 0.3) is 0 Å². The second-order valence-corrected chi connectivity index (χ2v) is 4.74. The molecule has 1 aromatic rings. The lowest BCUT2D eigenvalue weighted by atomic mass is 10.1. The predicted molar refractivity (Wildman–Crippen MR) is 64.7 cm³/mol. The van der Waals surface area contributed by atoms with Crippen LogP contribution in [0.25, 0.3) is 0 Å². The summed E-state index contributed by atoms with van der Waals surface area (Å²) in [6.07, 6.45) is 1.20. The Hall–Kier alpha value is -0.570. The number of rotatable bonds is 4. The van der Waals surface area contributed by atoms with Crippen LogP contribution >= 0.6 is 15.9 Å². The van der Waals surface area contributed by atoms with Crippen LogP contribution in [0.1, 0.15) is 20.3 Å². The second kappa shape index (κ2) is 5.35. The molecule has 3 heteroatoms. The van der Waals surface area contributed by atoms with Gasteiger partial charge in [-0.25, -0.2) is 4.98 Å². The van der Waals surface area contributed by atoms with Gasteiger partial charge >= 0.3 is 0 Å². The van der Waals surface area contributed by atoms with Crippen LogP contribution in [-0.4, -0.2) is 18.6 Å². The van der Waals surface area contributed by atoms with E-state index < -0.39 is 0 Å². The van der Waals surface area contributed by atoms with Crippen molar-refractivity contribution in [3.8, 4) is 0 Å². The molecule has 0 saturated carbocycles. The summed E-state index contributed by atoms with van der Waals surface area (Å²) in [7, 11) is 2.08. The lowest BCUT2D eigenvalue weighted by molar-refractivity contribution is 0.583. The van der Waals surface area contributed by atoms with Crippen molar-refractivity contribution in [1.82, 2.24) is 4.98 Å². The first-order valence-electron chi connectivity index (χ1n) is 4.93. The average Bonchev–Trinajstić information content (AvgIpc) is 2.14. The first-order valence-corrected chi connectivity index (χ1v) is 5.72. The van der Waals surface area contributed by atoms with Crippen molar-refractivity contribution in [2.45, 2.75) is 20.3 Å². The number of pyridine rings is 1. The highest BCUT2D eigenvalue weighted by Gasteiger charge is 2.03. The molecule has 2 nitrogen and oxygen atoms in total. The van der Waals surface area contributed by atoms with Crippen molar-refractivity contribution in [3.05, 3.63) is 22.8 Å². The van der Waals surface area contributed by atoms with E-state index in [1.807, 2.05) is 18.2 Å². The summed E-state index contributed by atoms with van der Waals surface area (Å²) in [5.41, 5.74) is 0. The minimum Gasteiger partial charge on any atom is -0.360 e. The molecule has 1 rings (SSSR count). The number of nitrogens with zero attached hydrogens (tertiary/aromatic N) is 2. The van der Waals surface area contributed by atoms with Crippen LogP contribution in [0.15, 0.2) is 22.8 Å². The summed E-state index contributed by atoms with van der Waals surface area (Å²) in [6.45, 7) is 5.53. The summed E-state index contributed by atoms with van der Waals surface area (Å²) in [4.78, 5) is 6.58. The van der Waals surface area contributed by atoms with Crippen molar-refractivity contribution in [2.75, 3.05) is 18.5 Å². The molecule has 0 fully saturated rings. The number of halogens is 1. The third-order valence-corrected chi connectivity index (χ3v) is 2.58. The summed E-state index contributed by atoms with van der Waals surface area (Å²) in [5, 5.41) is 0. The first-order chi connectivity index (χ1) is 6.59. The van der Waals surface area contributed by atoms with Gasteiger partial charge in [-0.2, -0.15) is 0 Å². The number of aromatic nitrogens is 1. The van der Waals surface area contributed by atoms with E-state index in [1.54, 1.807) is 0 Å². The Morgan fingerprint density at radius 1 is 1.43 bits per heavy atom. The molecule has 0 bridgehead atoms. The van der Waals surface area contributed by atoms with E-state index in [0.29, 0.717) is 0 Å². The number of hydrogen-bond acceptors (Lipinski definition) is 2. The molecule has 0 saturated heterocycles. The Bertz CT molecular complexity index is 286. The molecule has 0 aromatic carbocycles. The van der Waals surface area contributed by atoms with E-state index in [4.69, 9.17) is 0 Å². The van der Waals surface area contributed by atoms with Gasteiger partial charge in [0.05, 0.1) is 0 Å². The van der Waals surface area contributed by atoms with E-state index in [2.05, 4.69) is 46.7 Å². The molecule has 0 unspecified atom stereocenters. The number of anilines is 1. The first kappa shape index (κ1) is 11.5. The van der Waals surface area contributed by atoms with E-state index in [-0.39, 0.29) is 0 Å². The maximum atomic E-state index is 4.39. The third-order valence-electron chi connectivity index (χ3n) is 2.13. The highest BCUT2D eigenvalue weighted by Crippen LogP contribution is 2.14.